The minimum atomic E-state index is -1.10. The molecule has 0 radical (unpaired) electrons. The topological polar surface area (TPSA) is 214 Å². The summed E-state index contributed by atoms with van der Waals surface area (Å²) in [5, 5.41) is 9.99. The van der Waals surface area contributed by atoms with Crippen LogP contribution in [0.3, 0.4) is 0 Å². The van der Waals surface area contributed by atoms with E-state index in [0.29, 0.717) is 24.0 Å². The first-order chi connectivity index (χ1) is 31.0. The molecule has 2 aliphatic heterocycles. The molecule has 4 heterocycles. The van der Waals surface area contributed by atoms with Crippen molar-refractivity contribution < 1.29 is 31.8 Å². The van der Waals surface area contributed by atoms with Crippen LogP contribution in [0.5, 0.6) is 11.8 Å². The molecule has 8 rings (SSSR count). The van der Waals surface area contributed by atoms with E-state index < -0.39 is 49.8 Å². The molecule has 0 bridgehead atoms. The fraction of sp³-hybridized carbons (Fsp3) is 0.304. The summed E-state index contributed by atoms with van der Waals surface area (Å²) in [6.07, 6.45) is 8.56. The number of carbonyl (C=O) groups excluding carboxylic acids is 1. The number of primary amides is 1. The van der Waals surface area contributed by atoms with E-state index in [4.69, 9.17) is 26.7 Å². The van der Waals surface area contributed by atoms with Gasteiger partial charge in [0.25, 0.3) is 0 Å². The van der Waals surface area contributed by atoms with E-state index in [9.17, 15) is 27.6 Å². The maximum Gasteiger partial charge on any atom is 0.234 e. The molecule has 2 aromatic carbocycles. The maximum atomic E-state index is 14.9. The van der Waals surface area contributed by atoms with E-state index in [-0.39, 0.29) is 69.7 Å². The number of amidine groups is 2. The number of nitrogens with two attached hydrogens (primary N) is 3. The van der Waals surface area contributed by atoms with Gasteiger partial charge in [0, 0.05) is 23.0 Å². The third-order valence-electron chi connectivity index (χ3n) is 11.4. The molecule has 0 spiro atoms. The zero-order chi connectivity index (χ0) is 46.7. The second-order valence-electron chi connectivity index (χ2n) is 15.5. The van der Waals surface area contributed by atoms with Gasteiger partial charge in [0.05, 0.1) is 41.9 Å². The number of nitriles is 1. The van der Waals surface area contributed by atoms with Crippen molar-refractivity contribution in [2.75, 3.05) is 13.2 Å². The van der Waals surface area contributed by atoms with Crippen LogP contribution < -0.4 is 26.7 Å². The van der Waals surface area contributed by atoms with Gasteiger partial charge in [-0.3, -0.25) is 14.8 Å². The average Bonchev–Trinajstić information content (AvgIpc) is 4.21. The summed E-state index contributed by atoms with van der Waals surface area (Å²) >= 11 is 2.34. The van der Waals surface area contributed by atoms with Crippen molar-refractivity contribution in [3.63, 3.8) is 0 Å². The predicted octanol–water partition coefficient (Wildman–Crippen LogP) is 7.05. The number of benzene rings is 2. The number of thioether (sulfide) groups is 2. The van der Waals surface area contributed by atoms with Gasteiger partial charge in [-0.15, -0.1) is 11.8 Å². The Balaban J connectivity index is 0.000000194. The van der Waals surface area contributed by atoms with E-state index in [2.05, 4.69) is 59.7 Å². The van der Waals surface area contributed by atoms with Gasteiger partial charge in [0.15, 0.2) is 35.2 Å². The molecule has 1 amide bonds. The fourth-order valence-corrected chi connectivity index (χ4v) is 10.5. The molecular formula is C46H40F4N10O3S2. The lowest BCUT2D eigenvalue weighted by atomic mass is 9.84. The molecule has 2 aromatic heterocycles. The first-order valence-electron chi connectivity index (χ1n) is 19.8. The van der Waals surface area contributed by atoms with E-state index in [1.807, 2.05) is 0 Å². The number of hydrogen-bond acceptors (Lipinski definition) is 14. The highest BCUT2D eigenvalue weighted by atomic mass is 32.2. The number of nitrogens with zero attached hydrogens (tertiary/aromatic N) is 7. The highest BCUT2D eigenvalue weighted by Gasteiger charge is 2.70. The average molecular weight is 921 g/mol. The lowest BCUT2D eigenvalue weighted by Crippen LogP contribution is -2.42. The molecule has 6 N–H and O–H groups in total. The maximum absolute atomic E-state index is 14.9. The van der Waals surface area contributed by atoms with Gasteiger partial charge < -0.3 is 26.7 Å². The number of rotatable bonds is 11. The zero-order valence-corrected chi connectivity index (χ0v) is 37.0. The van der Waals surface area contributed by atoms with Crippen molar-refractivity contribution in [3.05, 3.63) is 106 Å². The van der Waals surface area contributed by atoms with Crippen LogP contribution in [0.4, 0.5) is 17.6 Å². The minimum Gasteiger partial charge on any atom is -0.463 e. The highest BCUT2D eigenvalue weighted by molar-refractivity contribution is 8.16. The molecule has 0 saturated heterocycles. The Morgan fingerprint density at radius 2 is 1.25 bits per heavy atom. The number of aliphatic imine (C=N–C) groups is 2. The number of aromatic nitrogens is 4. The molecule has 2 aliphatic carbocycles. The third kappa shape index (κ3) is 9.37. The second kappa shape index (κ2) is 18.3. The minimum absolute atomic E-state index is 0.00715. The zero-order valence-electron chi connectivity index (χ0n) is 35.3. The summed E-state index contributed by atoms with van der Waals surface area (Å²) in [6, 6.07) is 10.7. The van der Waals surface area contributed by atoms with Crippen molar-refractivity contribution >= 4 is 63.6 Å². The Morgan fingerprint density at radius 3 is 1.68 bits per heavy atom. The Labute approximate surface area is 380 Å². The van der Waals surface area contributed by atoms with Gasteiger partial charge in [0.2, 0.25) is 17.7 Å². The van der Waals surface area contributed by atoms with Crippen LogP contribution in [0.2, 0.25) is 0 Å². The van der Waals surface area contributed by atoms with Gasteiger partial charge in [0.1, 0.15) is 32.5 Å². The molecule has 6 atom stereocenters. The SMILES string of the molecule is CC#CCOc1cnc(/C(F)=C/c2ccc(F)c([C@@]3(C)N=C(N)S[C@@]4(C#N)C[C@H]43)c2)cn1.CC#CCOc1cnc(/C(F)=C/c2ccc(F)c([C@@]3(C)N=C(N)S[C@@]4(C(N)=O)C[C@H]43)c2)cn1. The van der Waals surface area contributed by atoms with Crippen molar-refractivity contribution in [3.8, 4) is 41.5 Å². The molecule has 2 saturated carbocycles. The molecule has 4 aromatic rings. The lowest BCUT2D eigenvalue weighted by molar-refractivity contribution is -0.118. The third-order valence-corrected chi connectivity index (χ3v) is 13.9. The Bertz CT molecular complexity index is 2850. The van der Waals surface area contributed by atoms with Crippen LogP contribution in [0.25, 0.3) is 23.8 Å². The van der Waals surface area contributed by atoms with E-state index in [1.54, 1.807) is 27.7 Å². The predicted molar refractivity (Wildman–Crippen MR) is 242 cm³/mol. The number of carbonyl (C=O) groups is 1. The van der Waals surface area contributed by atoms with Crippen LogP contribution in [0.15, 0.2) is 71.2 Å². The molecule has 13 nitrogen and oxygen atoms in total. The second-order valence-corrected chi connectivity index (χ2v) is 18.2. The quantitative estimate of drug-likeness (QED) is 0.102. The summed E-state index contributed by atoms with van der Waals surface area (Å²) in [5.41, 5.74) is 16.7. The number of fused-ring (bicyclic) bond motifs is 2. The lowest BCUT2D eigenvalue weighted by Gasteiger charge is -2.33. The van der Waals surface area contributed by atoms with Crippen LogP contribution in [-0.2, 0) is 15.9 Å². The van der Waals surface area contributed by atoms with Gasteiger partial charge in [-0.25, -0.2) is 37.5 Å². The first-order valence-corrected chi connectivity index (χ1v) is 21.5. The molecule has 332 valence electrons. The summed E-state index contributed by atoms with van der Waals surface area (Å²) in [7, 11) is 0. The largest absolute Gasteiger partial charge is 0.463 e. The smallest absolute Gasteiger partial charge is 0.234 e. The summed E-state index contributed by atoms with van der Waals surface area (Å²) in [4.78, 5) is 37.0. The van der Waals surface area contributed by atoms with Crippen molar-refractivity contribution in [2.24, 2.45) is 39.0 Å². The summed E-state index contributed by atoms with van der Waals surface area (Å²) < 4.78 is 68.3. The number of ether oxygens (including phenoxy) is 2. The Morgan fingerprint density at radius 1 is 0.769 bits per heavy atom. The van der Waals surface area contributed by atoms with Crippen LogP contribution in [0, 0.1) is 58.5 Å². The highest BCUT2D eigenvalue weighted by Crippen LogP contribution is 2.66. The van der Waals surface area contributed by atoms with Crippen molar-refractivity contribution in [2.45, 2.75) is 61.1 Å². The Kier molecular flexibility index (Phi) is 13.0. The summed E-state index contributed by atoms with van der Waals surface area (Å²) in [6.45, 7) is 7.18. The van der Waals surface area contributed by atoms with Crippen molar-refractivity contribution in [1.29, 1.82) is 5.26 Å². The van der Waals surface area contributed by atoms with Crippen LogP contribution in [-0.4, -0.2) is 58.9 Å². The molecular weight excluding hydrogens is 881 g/mol. The number of hydrogen-bond donors (Lipinski definition) is 3. The van der Waals surface area contributed by atoms with E-state index in [0.717, 1.165) is 11.8 Å². The number of halogens is 4. The molecule has 19 heteroatoms. The normalized spacial score (nSPS) is 26.0. The standard InChI is InChI=1S/C23H21F2N5O2S.C23H19F2N5OS/c1-3-4-7-32-19-12-28-17(11-29-19)16(25)9-13-5-6-15(24)14(8-13)22(2)18-10-23(18,20(26)31)33-21(27)30-22;1-3-4-7-31-20-12-28-18(11-29-20)17(25)9-14-5-6-16(24)15(8-14)22(2)19-10-23(19,13-26)32-21(27)30-22/h5-6,8-9,11-12,18H,7,10H2,1-2H3,(H2,26,31)(H2,27,30);5-6,8-9,11-12,19H,7,10H2,1-2H3,(H2,27,30)/b16-9-;17-9-/t18-,22+,23-;19-,22+,23+/m00/s1. The molecule has 4 aliphatic rings. The number of amides is 1. The van der Waals surface area contributed by atoms with Crippen LogP contribution >= 0.6 is 23.5 Å². The first kappa shape index (κ1) is 46.1. The molecule has 2 fully saturated rings. The van der Waals surface area contributed by atoms with Crippen molar-refractivity contribution in [1.82, 2.24) is 19.9 Å². The van der Waals surface area contributed by atoms with E-state index >= 15 is 0 Å². The van der Waals surface area contributed by atoms with Crippen LogP contribution in [0.1, 0.15) is 74.2 Å². The van der Waals surface area contributed by atoms with Gasteiger partial charge in [-0.2, -0.15) is 5.26 Å². The van der Waals surface area contributed by atoms with E-state index in [1.165, 1.54) is 85.1 Å². The van der Waals surface area contributed by atoms with Gasteiger partial charge >= 0.3 is 0 Å². The fourth-order valence-electron chi connectivity index (χ4n) is 7.89. The Hall–Kier alpha value is -6.88. The monoisotopic (exact) mass is 920 g/mol. The van der Waals surface area contributed by atoms with Gasteiger partial charge in [-0.05, 0) is 88.1 Å². The summed E-state index contributed by atoms with van der Waals surface area (Å²) in [5.74, 6) is 7.99. The molecule has 0 unspecified atom stereocenters. The molecule has 65 heavy (non-hydrogen) atoms. The van der Waals surface area contributed by atoms with Gasteiger partial charge in [-0.1, -0.05) is 47.5 Å².